The summed E-state index contributed by atoms with van der Waals surface area (Å²) in [5.41, 5.74) is 0. The van der Waals surface area contributed by atoms with Gasteiger partial charge in [-0.15, -0.1) is 0 Å². The maximum absolute atomic E-state index is 9.14. The van der Waals surface area contributed by atoms with Gasteiger partial charge in [-0.1, -0.05) is 13.3 Å². The highest BCUT2D eigenvalue weighted by molar-refractivity contribution is 4.53. The molecule has 0 radical (unpaired) electrons. The molecule has 0 aliphatic heterocycles. The first kappa shape index (κ1) is 9.88. The predicted octanol–water partition coefficient (Wildman–Crippen LogP) is 1.42. The molecular formula is C7H16O3. The molecule has 0 heterocycles. The van der Waals surface area contributed by atoms with Gasteiger partial charge in [-0.3, -0.25) is 5.26 Å². The molecule has 1 atom stereocenters. The fourth-order valence-electron chi connectivity index (χ4n) is 0.861. The third-order valence-corrected chi connectivity index (χ3v) is 1.39. The van der Waals surface area contributed by atoms with E-state index in [9.17, 15) is 0 Å². The number of hydrogen-bond donors (Lipinski definition) is 2. The fraction of sp³-hybridized carbons (Fsp3) is 1.00. The Kier molecular flexibility index (Phi) is 6.91. The van der Waals surface area contributed by atoms with Crippen LogP contribution in [0.15, 0.2) is 0 Å². The fourth-order valence-corrected chi connectivity index (χ4v) is 0.861. The molecule has 0 aliphatic rings. The van der Waals surface area contributed by atoms with E-state index in [4.69, 9.17) is 10.4 Å². The molecular weight excluding hydrogens is 132 g/mol. The Morgan fingerprint density at radius 3 is 2.60 bits per heavy atom. The molecule has 62 valence electrons. The van der Waals surface area contributed by atoms with E-state index < -0.39 is 0 Å². The highest BCUT2D eigenvalue weighted by Gasteiger charge is 2.00. The number of rotatable bonds is 6. The molecule has 0 saturated heterocycles. The smallest absolute Gasteiger partial charge is 0.0820 e. The third-order valence-electron chi connectivity index (χ3n) is 1.39. The van der Waals surface area contributed by atoms with Gasteiger partial charge >= 0.3 is 0 Å². The Morgan fingerprint density at radius 2 is 2.10 bits per heavy atom. The maximum Gasteiger partial charge on any atom is 0.0820 e. The first-order chi connectivity index (χ1) is 4.81. The Balaban J connectivity index is 2.97. The molecule has 0 amide bonds. The molecule has 0 saturated carbocycles. The van der Waals surface area contributed by atoms with Crippen molar-refractivity contribution in [3.8, 4) is 0 Å². The highest BCUT2D eigenvalue weighted by Crippen LogP contribution is 2.03. The van der Waals surface area contributed by atoms with Crippen molar-refractivity contribution in [2.75, 3.05) is 6.61 Å². The first-order valence-corrected chi connectivity index (χ1v) is 3.75. The normalized spacial score (nSPS) is 13.5. The predicted molar refractivity (Wildman–Crippen MR) is 38.7 cm³/mol. The zero-order valence-electron chi connectivity index (χ0n) is 6.42. The molecule has 3 nitrogen and oxygen atoms in total. The summed E-state index contributed by atoms with van der Waals surface area (Å²) in [4.78, 5) is 3.86. The van der Waals surface area contributed by atoms with E-state index >= 15 is 0 Å². The van der Waals surface area contributed by atoms with E-state index in [1.54, 1.807) is 0 Å². The van der Waals surface area contributed by atoms with E-state index in [0.717, 1.165) is 19.3 Å². The topological polar surface area (TPSA) is 49.7 Å². The SMILES string of the molecule is CCCC(O)CCCOO. The zero-order chi connectivity index (χ0) is 7.82. The second kappa shape index (κ2) is 6.99. The number of hydrogen-bond acceptors (Lipinski definition) is 3. The average Bonchev–Trinajstić information content (AvgIpc) is 1.89. The van der Waals surface area contributed by atoms with Crippen LogP contribution in [0.3, 0.4) is 0 Å². The van der Waals surface area contributed by atoms with Gasteiger partial charge in [-0.2, -0.15) is 0 Å². The Labute approximate surface area is 61.6 Å². The lowest BCUT2D eigenvalue weighted by atomic mass is 10.1. The standard InChI is InChI=1S/C7H16O3/c1-2-4-7(8)5-3-6-10-9/h7-9H,2-6H2,1H3. The summed E-state index contributed by atoms with van der Waals surface area (Å²) in [6.45, 7) is 2.35. The summed E-state index contributed by atoms with van der Waals surface area (Å²) in [5, 5.41) is 17.1. The van der Waals surface area contributed by atoms with Crippen molar-refractivity contribution < 1.29 is 15.3 Å². The van der Waals surface area contributed by atoms with Crippen LogP contribution in [0.1, 0.15) is 32.6 Å². The van der Waals surface area contributed by atoms with Crippen LogP contribution in [-0.4, -0.2) is 23.1 Å². The Bertz CT molecular complexity index is 65.9. The van der Waals surface area contributed by atoms with Gasteiger partial charge in [0.15, 0.2) is 0 Å². The van der Waals surface area contributed by atoms with Gasteiger partial charge in [-0.05, 0) is 19.3 Å². The van der Waals surface area contributed by atoms with E-state index in [1.807, 2.05) is 6.92 Å². The van der Waals surface area contributed by atoms with Crippen LogP contribution in [0, 0.1) is 0 Å². The lowest BCUT2D eigenvalue weighted by Gasteiger charge is -2.06. The van der Waals surface area contributed by atoms with Crippen LogP contribution in [-0.2, 0) is 4.89 Å². The van der Waals surface area contributed by atoms with Crippen molar-refractivity contribution in [2.45, 2.75) is 38.7 Å². The molecule has 0 aromatic rings. The summed E-state index contributed by atoms with van der Waals surface area (Å²) in [6.07, 6.45) is 3.05. The summed E-state index contributed by atoms with van der Waals surface area (Å²) in [7, 11) is 0. The van der Waals surface area contributed by atoms with Gasteiger partial charge in [0.25, 0.3) is 0 Å². The molecule has 2 N–H and O–H groups in total. The molecule has 1 unspecified atom stereocenters. The number of aliphatic hydroxyl groups is 1. The van der Waals surface area contributed by atoms with Gasteiger partial charge in [0.1, 0.15) is 0 Å². The lowest BCUT2D eigenvalue weighted by molar-refractivity contribution is -0.243. The maximum atomic E-state index is 9.14. The van der Waals surface area contributed by atoms with Crippen molar-refractivity contribution in [3.63, 3.8) is 0 Å². The van der Waals surface area contributed by atoms with Gasteiger partial charge in [-0.25, -0.2) is 4.89 Å². The minimum Gasteiger partial charge on any atom is -0.393 e. The van der Waals surface area contributed by atoms with Gasteiger partial charge in [0, 0.05) is 0 Å². The van der Waals surface area contributed by atoms with Crippen LogP contribution in [0.4, 0.5) is 0 Å². The summed E-state index contributed by atoms with van der Waals surface area (Å²) < 4.78 is 0. The highest BCUT2D eigenvalue weighted by atomic mass is 17.1. The molecule has 0 aromatic heterocycles. The second-order valence-electron chi connectivity index (χ2n) is 2.42. The Morgan fingerprint density at radius 1 is 1.40 bits per heavy atom. The monoisotopic (exact) mass is 148 g/mol. The van der Waals surface area contributed by atoms with Crippen molar-refractivity contribution in [1.82, 2.24) is 0 Å². The summed E-state index contributed by atoms with van der Waals surface area (Å²) in [5.74, 6) is 0. The minimum atomic E-state index is -0.222. The van der Waals surface area contributed by atoms with Crippen LogP contribution < -0.4 is 0 Å². The lowest BCUT2D eigenvalue weighted by Crippen LogP contribution is -2.06. The van der Waals surface area contributed by atoms with Gasteiger partial charge in [0.2, 0.25) is 0 Å². The molecule has 0 rings (SSSR count). The number of aliphatic hydroxyl groups excluding tert-OH is 1. The van der Waals surface area contributed by atoms with Crippen molar-refractivity contribution in [3.05, 3.63) is 0 Å². The largest absolute Gasteiger partial charge is 0.393 e. The molecule has 10 heavy (non-hydrogen) atoms. The second-order valence-corrected chi connectivity index (χ2v) is 2.42. The van der Waals surface area contributed by atoms with Crippen LogP contribution in [0.5, 0.6) is 0 Å². The molecule has 0 fully saturated rings. The molecule has 0 aliphatic carbocycles. The van der Waals surface area contributed by atoms with Crippen LogP contribution in [0.25, 0.3) is 0 Å². The quantitative estimate of drug-likeness (QED) is 0.340. The van der Waals surface area contributed by atoms with Crippen molar-refractivity contribution in [1.29, 1.82) is 0 Å². The summed E-state index contributed by atoms with van der Waals surface area (Å²) >= 11 is 0. The van der Waals surface area contributed by atoms with Crippen molar-refractivity contribution in [2.24, 2.45) is 0 Å². The van der Waals surface area contributed by atoms with Crippen LogP contribution >= 0.6 is 0 Å². The van der Waals surface area contributed by atoms with Crippen LogP contribution in [0.2, 0.25) is 0 Å². The minimum absolute atomic E-state index is 0.222. The molecule has 3 heteroatoms. The summed E-state index contributed by atoms with van der Waals surface area (Å²) in [6, 6.07) is 0. The van der Waals surface area contributed by atoms with E-state index in [2.05, 4.69) is 4.89 Å². The Hall–Kier alpha value is -0.120. The molecule has 0 bridgehead atoms. The van der Waals surface area contributed by atoms with E-state index in [1.165, 1.54) is 0 Å². The first-order valence-electron chi connectivity index (χ1n) is 3.75. The van der Waals surface area contributed by atoms with Gasteiger partial charge in [0.05, 0.1) is 12.7 Å². The van der Waals surface area contributed by atoms with E-state index in [-0.39, 0.29) is 6.10 Å². The average molecular weight is 148 g/mol. The third kappa shape index (κ3) is 6.01. The van der Waals surface area contributed by atoms with Crippen molar-refractivity contribution >= 4 is 0 Å². The van der Waals surface area contributed by atoms with E-state index in [0.29, 0.717) is 13.0 Å². The zero-order valence-corrected chi connectivity index (χ0v) is 6.42. The molecule has 0 aromatic carbocycles. The molecule has 0 spiro atoms. The van der Waals surface area contributed by atoms with Gasteiger partial charge < -0.3 is 5.11 Å².